The van der Waals surface area contributed by atoms with Crippen LogP contribution in [-0.4, -0.2) is 69.9 Å². The van der Waals surface area contributed by atoms with Gasteiger partial charge in [0.25, 0.3) is 5.91 Å². The van der Waals surface area contributed by atoms with Crippen molar-refractivity contribution in [3.8, 4) is 0 Å². The molecule has 1 aromatic carbocycles. The summed E-state index contributed by atoms with van der Waals surface area (Å²) in [6.07, 6.45) is 2.88. The molecular formula is C20H28N4O6S. The molecule has 11 heteroatoms. The SMILES string of the molecule is CCc1c(N2CCOCC2=O)cccc1S(=O)(=O)N[C@@H](C(N)=O)C(=O)N1CCCCC1. The van der Waals surface area contributed by atoms with Gasteiger partial charge in [0.05, 0.1) is 11.5 Å². The van der Waals surface area contributed by atoms with Crippen LogP contribution in [0.4, 0.5) is 5.69 Å². The number of sulfonamides is 1. The number of hydrogen-bond donors (Lipinski definition) is 2. The highest BCUT2D eigenvalue weighted by Crippen LogP contribution is 2.29. The Morgan fingerprint density at radius 3 is 2.52 bits per heavy atom. The first-order valence-corrected chi connectivity index (χ1v) is 11.8. The van der Waals surface area contributed by atoms with Gasteiger partial charge in [0.1, 0.15) is 6.61 Å². The molecule has 0 bridgehead atoms. The third-order valence-electron chi connectivity index (χ3n) is 5.50. The van der Waals surface area contributed by atoms with E-state index in [0.717, 1.165) is 19.3 Å². The molecule has 1 atom stereocenters. The van der Waals surface area contributed by atoms with E-state index in [1.165, 1.54) is 21.9 Å². The fourth-order valence-corrected chi connectivity index (χ4v) is 5.42. The van der Waals surface area contributed by atoms with Gasteiger partial charge in [-0.3, -0.25) is 14.4 Å². The van der Waals surface area contributed by atoms with Crippen molar-refractivity contribution >= 4 is 33.4 Å². The monoisotopic (exact) mass is 452 g/mol. The molecule has 2 saturated heterocycles. The fraction of sp³-hybridized carbons (Fsp3) is 0.550. The van der Waals surface area contributed by atoms with Crippen LogP contribution >= 0.6 is 0 Å². The normalized spacial score (nSPS) is 18.7. The minimum Gasteiger partial charge on any atom is -0.370 e. The molecule has 0 radical (unpaired) electrons. The highest BCUT2D eigenvalue weighted by molar-refractivity contribution is 7.89. The average molecular weight is 453 g/mol. The molecule has 170 valence electrons. The summed E-state index contributed by atoms with van der Waals surface area (Å²) < 4.78 is 33.8. The summed E-state index contributed by atoms with van der Waals surface area (Å²) in [4.78, 5) is 39.9. The number of hydrogen-bond acceptors (Lipinski definition) is 6. The molecule has 31 heavy (non-hydrogen) atoms. The zero-order valence-electron chi connectivity index (χ0n) is 17.5. The highest BCUT2D eigenvalue weighted by atomic mass is 32.2. The first kappa shape index (κ1) is 23.2. The Kier molecular flexibility index (Phi) is 7.29. The van der Waals surface area contributed by atoms with Crippen LogP contribution in [0.3, 0.4) is 0 Å². The predicted octanol–water partition coefficient (Wildman–Crippen LogP) is -0.243. The van der Waals surface area contributed by atoms with Crippen LogP contribution < -0.4 is 15.4 Å². The smallest absolute Gasteiger partial charge is 0.253 e. The number of rotatable bonds is 7. The van der Waals surface area contributed by atoms with Crippen molar-refractivity contribution in [2.75, 3.05) is 37.7 Å². The second-order valence-corrected chi connectivity index (χ2v) is 9.23. The lowest BCUT2D eigenvalue weighted by atomic mass is 10.1. The fourth-order valence-electron chi connectivity index (χ4n) is 3.93. The summed E-state index contributed by atoms with van der Waals surface area (Å²) >= 11 is 0. The first-order chi connectivity index (χ1) is 14.8. The molecule has 0 aliphatic carbocycles. The maximum Gasteiger partial charge on any atom is 0.253 e. The number of morpholine rings is 1. The lowest BCUT2D eigenvalue weighted by Crippen LogP contribution is -2.55. The van der Waals surface area contributed by atoms with Gasteiger partial charge in [-0.25, -0.2) is 8.42 Å². The van der Waals surface area contributed by atoms with Crippen molar-refractivity contribution in [2.24, 2.45) is 5.73 Å². The number of carbonyl (C=O) groups is 3. The van der Waals surface area contributed by atoms with Gasteiger partial charge in [0.2, 0.25) is 21.8 Å². The Labute approximate surface area is 181 Å². The third-order valence-corrected chi connectivity index (χ3v) is 7.01. The number of amides is 3. The number of anilines is 1. The van der Waals surface area contributed by atoms with Gasteiger partial charge in [-0.05, 0) is 43.4 Å². The quantitative estimate of drug-likeness (QED) is 0.547. The van der Waals surface area contributed by atoms with Crippen LogP contribution in [0.5, 0.6) is 0 Å². The molecule has 1 aromatic rings. The molecule has 0 unspecified atom stereocenters. The Balaban J connectivity index is 1.93. The zero-order valence-corrected chi connectivity index (χ0v) is 18.3. The van der Waals surface area contributed by atoms with Gasteiger partial charge in [0, 0.05) is 25.3 Å². The van der Waals surface area contributed by atoms with E-state index in [1.54, 1.807) is 13.0 Å². The zero-order chi connectivity index (χ0) is 22.6. The average Bonchev–Trinajstić information content (AvgIpc) is 2.77. The van der Waals surface area contributed by atoms with Gasteiger partial charge >= 0.3 is 0 Å². The van der Waals surface area contributed by atoms with Crippen molar-refractivity contribution < 1.29 is 27.5 Å². The van der Waals surface area contributed by atoms with E-state index < -0.39 is 27.9 Å². The molecule has 3 amide bonds. The van der Waals surface area contributed by atoms with E-state index in [4.69, 9.17) is 10.5 Å². The Morgan fingerprint density at radius 2 is 1.90 bits per heavy atom. The van der Waals surface area contributed by atoms with Crippen LogP contribution in [0, 0.1) is 0 Å². The number of carbonyl (C=O) groups excluding carboxylic acids is 3. The van der Waals surface area contributed by atoms with Crippen LogP contribution in [0.1, 0.15) is 31.7 Å². The Bertz CT molecular complexity index is 958. The van der Waals surface area contributed by atoms with Crippen molar-refractivity contribution in [1.82, 2.24) is 9.62 Å². The molecule has 2 fully saturated rings. The summed E-state index contributed by atoms with van der Waals surface area (Å²) in [5, 5.41) is 0. The van der Waals surface area contributed by atoms with Crippen LogP contribution in [0.25, 0.3) is 0 Å². The van der Waals surface area contributed by atoms with Crippen molar-refractivity contribution in [1.29, 1.82) is 0 Å². The van der Waals surface area contributed by atoms with Crippen LogP contribution in [0.15, 0.2) is 23.1 Å². The third kappa shape index (κ3) is 5.05. The topological polar surface area (TPSA) is 139 Å². The summed E-state index contributed by atoms with van der Waals surface area (Å²) in [5.41, 5.74) is 6.27. The molecule has 2 aliphatic heterocycles. The second-order valence-electron chi connectivity index (χ2n) is 7.55. The summed E-state index contributed by atoms with van der Waals surface area (Å²) in [7, 11) is -4.28. The maximum atomic E-state index is 13.2. The number of piperidine rings is 1. The number of nitrogens with zero attached hydrogens (tertiary/aromatic N) is 2. The van der Waals surface area contributed by atoms with E-state index in [2.05, 4.69) is 4.72 Å². The lowest BCUT2D eigenvalue weighted by Gasteiger charge is -2.30. The predicted molar refractivity (Wildman–Crippen MR) is 113 cm³/mol. The second kappa shape index (κ2) is 9.75. The summed E-state index contributed by atoms with van der Waals surface area (Å²) in [6.45, 7) is 3.26. The van der Waals surface area contributed by atoms with Gasteiger partial charge in [0.15, 0.2) is 6.04 Å². The summed E-state index contributed by atoms with van der Waals surface area (Å²) in [6, 6.07) is 2.89. The number of nitrogens with one attached hydrogen (secondary N) is 1. The Morgan fingerprint density at radius 1 is 1.19 bits per heavy atom. The number of nitrogens with two attached hydrogens (primary N) is 1. The number of likely N-dealkylation sites (tertiary alicyclic amines) is 1. The molecule has 0 aromatic heterocycles. The van der Waals surface area contributed by atoms with Gasteiger partial charge in [-0.1, -0.05) is 13.0 Å². The first-order valence-electron chi connectivity index (χ1n) is 10.4. The van der Waals surface area contributed by atoms with Gasteiger partial charge < -0.3 is 20.3 Å². The van der Waals surface area contributed by atoms with Crippen LogP contribution in [-0.2, 0) is 35.6 Å². The van der Waals surface area contributed by atoms with Crippen molar-refractivity contribution in [3.05, 3.63) is 23.8 Å². The molecular weight excluding hydrogens is 424 g/mol. The minimum absolute atomic E-state index is 0.0769. The number of ether oxygens (including phenoxy) is 1. The van der Waals surface area contributed by atoms with E-state index in [9.17, 15) is 22.8 Å². The van der Waals surface area contributed by atoms with Gasteiger partial charge in [-0.2, -0.15) is 4.72 Å². The Hall–Kier alpha value is -2.50. The maximum absolute atomic E-state index is 13.2. The minimum atomic E-state index is -4.28. The number of primary amides is 1. The highest BCUT2D eigenvalue weighted by Gasteiger charge is 2.35. The molecule has 0 saturated carbocycles. The van der Waals surface area contributed by atoms with E-state index >= 15 is 0 Å². The number of benzene rings is 1. The van der Waals surface area contributed by atoms with E-state index in [0.29, 0.717) is 43.9 Å². The molecule has 10 nitrogen and oxygen atoms in total. The molecule has 0 spiro atoms. The molecule has 2 aliphatic rings. The van der Waals surface area contributed by atoms with Gasteiger partial charge in [-0.15, -0.1) is 0 Å². The largest absolute Gasteiger partial charge is 0.370 e. The lowest BCUT2D eigenvalue weighted by molar-refractivity contribution is -0.138. The molecule has 3 N–H and O–H groups in total. The van der Waals surface area contributed by atoms with Crippen LogP contribution in [0.2, 0.25) is 0 Å². The summed E-state index contributed by atoms with van der Waals surface area (Å²) in [5.74, 6) is -1.97. The van der Waals surface area contributed by atoms with Crippen molar-refractivity contribution in [2.45, 2.75) is 43.5 Å². The molecule has 3 rings (SSSR count). The van der Waals surface area contributed by atoms with E-state index in [-0.39, 0.29) is 17.4 Å². The molecule has 2 heterocycles. The van der Waals surface area contributed by atoms with Crippen molar-refractivity contribution in [3.63, 3.8) is 0 Å². The van der Waals surface area contributed by atoms with E-state index in [1.807, 2.05) is 0 Å². The standard InChI is InChI=1S/C20H28N4O6S/c1-2-14-15(24-11-12-30-13-17(24)25)7-6-8-16(14)31(28,29)22-18(19(21)26)20(27)23-9-4-3-5-10-23/h6-8,18,22H,2-5,9-13H2,1H3,(H2,21,26)/t18-/m0/s1.